The summed E-state index contributed by atoms with van der Waals surface area (Å²) in [7, 11) is 0. The molecule has 2 aromatic carbocycles. The predicted octanol–water partition coefficient (Wildman–Crippen LogP) is 3.88. The first-order chi connectivity index (χ1) is 10.9. The summed E-state index contributed by atoms with van der Waals surface area (Å²) in [5, 5.41) is 12.4. The number of hydrogen-bond donors (Lipinski definition) is 2. The Morgan fingerprint density at radius 3 is 2.35 bits per heavy atom. The normalized spacial score (nSPS) is 11.6. The van der Waals surface area contributed by atoms with Crippen molar-refractivity contribution in [3.8, 4) is 5.75 Å². The molecule has 0 saturated heterocycles. The zero-order chi connectivity index (χ0) is 17.0. The minimum absolute atomic E-state index is 0.0342. The highest BCUT2D eigenvalue weighted by atomic mass is 35.5. The van der Waals surface area contributed by atoms with Crippen LogP contribution >= 0.6 is 23.2 Å². The number of ether oxygens (including phenoxy) is 1. The molecular formula is C16H13Cl2NO4. The molecule has 7 heteroatoms. The van der Waals surface area contributed by atoms with E-state index in [1.807, 2.05) is 0 Å². The van der Waals surface area contributed by atoms with Crippen LogP contribution in [0.4, 0.5) is 5.69 Å². The van der Waals surface area contributed by atoms with Crippen molar-refractivity contribution >= 4 is 40.8 Å². The van der Waals surface area contributed by atoms with Gasteiger partial charge < -0.3 is 15.2 Å². The third kappa shape index (κ3) is 4.61. The van der Waals surface area contributed by atoms with Crippen molar-refractivity contribution < 1.29 is 19.4 Å². The Hall–Kier alpha value is -2.24. The molecule has 2 rings (SSSR count). The molecular weight excluding hydrogens is 341 g/mol. The summed E-state index contributed by atoms with van der Waals surface area (Å²) in [6.45, 7) is 1.45. The second-order valence-electron chi connectivity index (χ2n) is 4.71. The van der Waals surface area contributed by atoms with E-state index in [4.69, 9.17) is 27.9 Å². The molecule has 0 saturated carbocycles. The van der Waals surface area contributed by atoms with Crippen LogP contribution in [0, 0.1) is 0 Å². The number of hydrogen-bond acceptors (Lipinski definition) is 4. The third-order valence-corrected chi connectivity index (χ3v) is 3.68. The van der Waals surface area contributed by atoms with E-state index in [0.29, 0.717) is 15.7 Å². The second-order valence-corrected chi connectivity index (χ2v) is 5.53. The van der Waals surface area contributed by atoms with Gasteiger partial charge in [0.15, 0.2) is 6.10 Å². The molecule has 0 aliphatic rings. The maximum atomic E-state index is 12.0. The number of benzene rings is 2. The van der Waals surface area contributed by atoms with Crippen LogP contribution in [0.15, 0.2) is 42.5 Å². The molecule has 2 N–H and O–H groups in total. The number of carbonyl (C=O) groups is 2. The van der Waals surface area contributed by atoms with Crippen molar-refractivity contribution in [2.45, 2.75) is 13.0 Å². The minimum Gasteiger partial charge on any atom is -0.508 e. The van der Waals surface area contributed by atoms with Gasteiger partial charge >= 0.3 is 5.97 Å². The SMILES string of the molecule is C[C@H](OC(=O)c1ccc(O)cc1)C(=O)Nc1ccc(Cl)c(Cl)c1. The van der Waals surface area contributed by atoms with Crippen molar-refractivity contribution in [1.29, 1.82) is 0 Å². The fourth-order valence-corrected chi connectivity index (χ4v) is 2.00. The Bertz CT molecular complexity index is 731. The molecule has 5 nitrogen and oxygen atoms in total. The average molecular weight is 354 g/mol. The van der Waals surface area contributed by atoms with Gasteiger partial charge in [0.2, 0.25) is 0 Å². The smallest absolute Gasteiger partial charge is 0.338 e. The van der Waals surface area contributed by atoms with Crippen LogP contribution in [0.5, 0.6) is 5.75 Å². The number of carbonyl (C=O) groups excluding carboxylic acids is 2. The molecule has 0 aliphatic carbocycles. The standard InChI is InChI=1S/C16H13Cl2NO4/c1-9(23-16(22)10-2-5-12(20)6-3-10)15(21)19-11-4-7-13(17)14(18)8-11/h2-9,20H,1H3,(H,19,21)/t9-/m0/s1. The number of nitrogens with one attached hydrogen (secondary N) is 1. The summed E-state index contributed by atoms with van der Waals surface area (Å²) in [6, 6.07) is 10.2. The summed E-state index contributed by atoms with van der Waals surface area (Å²) in [4.78, 5) is 23.9. The first-order valence-corrected chi connectivity index (χ1v) is 7.38. The lowest BCUT2D eigenvalue weighted by Crippen LogP contribution is -2.30. The number of rotatable bonds is 4. The quantitative estimate of drug-likeness (QED) is 0.817. The lowest BCUT2D eigenvalue weighted by molar-refractivity contribution is -0.123. The van der Waals surface area contributed by atoms with Crippen molar-refractivity contribution in [2.24, 2.45) is 0 Å². The van der Waals surface area contributed by atoms with Crippen LogP contribution in [0.1, 0.15) is 17.3 Å². The van der Waals surface area contributed by atoms with Gasteiger partial charge in [0.1, 0.15) is 5.75 Å². The highest BCUT2D eigenvalue weighted by Crippen LogP contribution is 2.25. The number of esters is 1. The summed E-state index contributed by atoms with van der Waals surface area (Å²) in [6.07, 6.45) is -1.01. The predicted molar refractivity (Wildman–Crippen MR) is 88.1 cm³/mol. The van der Waals surface area contributed by atoms with E-state index in [0.717, 1.165) is 0 Å². The van der Waals surface area contributed by atoms with Gasteiger partial charge in [0.25, 0.3) is 5.91 Å². The molecule has 2 aromatic rings. The van der Waals surface area contributed by atoms with Crippen molar-refractivity contribution in [3.63, 3.8) is 0 Å². The highest BCUT2D eigenvalue weighted by Gasteiger charge is 2.19. The maximum Gasteiger partial charge on any atom is 0.338 e. The van der Waals surface area contributed by atoms with Crippen LogP contribution in [0.25, 0.3) is 0 Å². The summed E-state index contributed by atoms with van der Waals surface area (Å²) in [5.41, 5.74) is 0.675. The van der Waals surface area contributed by atoms with Gasteiger partial charge in [-0.1, -0.05) is 23.2 Å². The topological polar surface area (TPSA) is 75.6 Å². The number of phenolic OH excluding ortho intramolecular Hbond substituents is 1. The van der Waals surface area contributed by atoms with E-state index in [9.17, 15) is 14.7 Å². The second kappa shape index (κ2) is 7.35. The Morgan fingerprint density at radius 2 is 1.74 bits per heavy atom. The Labute approximate surface area is 142 Å². The number of amides is 1. The summed E-state index contributed by atoms with van der Waals surface area (Å²) in [5.74, 6) is -1.13. The molecule has 0 heterocycles. The Kier molecular flexibility index (Phi) is 5.47. The van der Waals surface area contributed by atoms with E-state index in [-0.39, 0.29) is 11.3 Å². The van der Waals surface area contributed by atoms with Gasteiger partial charge in [-0.2, -0.15) is 0 Å². The minimum atomic E-state index is -1.01. The van der Waals surface area contributed by atoms with E-state index in [1.54, 1.807) is 12.1 Å². The van der Waals surface area contributed by atoms with Crippen molar-refractivity contribution in [1.82, 2.24) is 0 Å². The lowest BCUT2D eigenvalue weighted by atomic mass is 10.2. The lowest BCUT2D eigenvalue weighted by Gasteiger charge is -2.14. The van der Waals surface area contributed by atoms with E-state index < -0.39 is 18.0 Å². The molecule has 1 atom stereocenters. The first-order valence-electron chi connectivity index (χ1n) is 6.63. The molecule has 0 unspecified atom stereocenters. The zero-order valence-corrected chi connectivity index (χ0v) is 13.6. The molecule has 0 fully saturated rings. The van der Waals surface area contributed by atoms with Crippen LogP contribution in [-0.2, 0) is 9.53 Å². The van der Waals surface area contributed by atoms with Crippen LogP contribution in [0.3, 0.4) is 0 Å². The molecule has 0 radical (unpaired) electrons. The molecule has 0 spiro atoms. The van der Waals surface area contributed by atoms with Gasteiger partial charge in [0.05, 0.1) is 15.6 Å². The summed E-state index contributed by atoms with van der Waals surface area (Å²) >= 11 is 11.7. The first kappa shape index (κ1) is 17.1. The molecule has 23 heavy (non-hydrogen) atoms. The fraction of sp³-hybridized carbons (Fsp3) is 0.125. The largest absolute Gasteiger partial charge is 0.508 e. The van der Waals surface area contributed by atoms with Crippen LogP contribution in [0.2, 0.25) is 10.0 Å². The molecule has 0 aromatic heterocycles. The average Bonchev–Trinajstić information content (AvgIpc) is 2.51. The van der Waals surface area contributed by atoms with E-state index in [1.165, 1.54) is 37.3 Å². The Morgan fingerprint density at radius 1 is 1.09 bits per heavy atom. The van der Waals surface area contributed by atoms with Crippen molar-refractivity contribution in [2.75, 3.05) is 5.32 Å². The van der Waals surface area contributed by atoms with Gasteiger partial charge in [-0.15, -0.1) is 0 Å². The van der Waals surface area contributed by atoms with E-state index >= 15 is 0 Å². The Balaban J connectivity index is 1.97. The van der Waals surface area contributed by atoms with Crippen LogP contribution in [-0.4, -0.2) is 23.1 Å². The fourth-order valence-electron chi connectivity index (χ4n) is 1.70. The van der Waals surface area contributed by atoms with Crippen LogP contribution < -0.4 is 5.32 Å². The maximum absolute atomic E-state index is 12.0. The van der Waals surface area contributed by atoms with Gasteiger partial charge in [-0.05, 0) is 49.4 Å². The summed E-state index contributed by atoms with van der Waals surface area (Å²) < 4.78 is 5.07. The van der Waals surface area contributed by atoms with E-state index in [2.05, 4.69) is 5.32 Å². The number of halogens is 2. The number of phenols is 1. The molecule has 0 bridgehead atoms. The number of anilines is 1. The van der Waals surface area contributed by atoms with Gasteiger partial charge in [0, 0.05) is 5.69 Å². The zero-order valence-electron chi connectivity index (χ0n) is 12.0. The van der Waals surface area contributed by atoms with Crippen molar-refractivity contribution in [3.05, 3.63) is 58.1 Å². The molecule has 1 amide bonds. The molecule has 120 valence electrons. The molecule has 0 aliphatic heterocycles. The highest BCUT2D eigenvalue weighted by molar-refractivity contribution is 6.42. The number of aromatic hydroxyl groups is 1. The third-order valence-electron chi connectivity index (χ3n) is 2.94. The van der Waals surface area contributed by atoms with Gasteiger partial charge in [-0.25, -0.2) is 4.79 Å². The monoisotopic (exact) mass is 353 g/mol. The van der Waals surface area contributed by atoms with Gasteiger partial charge in [-0.3, -0.25) is 4.79 Å².